The lowest BCUT2D eigenvalue weighted by molar-refractivity contribution is 1.11. The first-order valence-electron chi connectivity index (χ1n) is 1.87. The summed E-state index contributed by atoms with van der Waals surface area (Å²) in [5.74, 6) is 0. The molecule has 0 aliphatic carbocycles. The lowest BCUT2D eigenvalue weighted by Gasteiger charge is -1.71. The van der Waals surface area contributed by atoms with Crippen LogP contribution in [-0.2, 0) is 20.7 Å². The van der Waals surface area contributed by atoms with Crippen molar-refractivity contribution in [3.63, 3.8) is 0 Å². The molecule has 0 radical (unpaired) electrons. The fourth-order valence-electron chi connectivity index (χ4n) is 0.129. The minimum absolute atomic E-state index is 1.24. The van der Waals surface area contributed by atoms with Crippen LogP contribution in [0.1, 0.15) is 13.3 Å². The molecular weight excluding hydrogens is 131 g/mol. The van der Waals surface area contributed by atoms with Crippen molar-refractivity contribution in [3.05, 3.63) is 0 Å². The summed E-state index contributed by atoms with van der Waals surface area (Å²) in [6.07, 6.45) is 2.50. The van der Waals surface area contributed by atoms with E-state index in [2.05, 4.69) is 18.1 Å². The molecule has 0 unspecified atom stereocenters. The van der Waals surface area contributed by atoms with E-state index in [1.165, 1.54) is 29.4 Å². The van der Waals surface area contributed by atoms with Crippen LogP contribution in [-0.4, -0.2) is 6.16 Å². The summed E-state index contributed by atoms with van der Waals surface area (Å²) in [6.45, 7) is 2.17. The van der Waals surface area contributed by atoms with Gasteiger partial charge in [0.05, 0.1) is 0 Å². The van der Waals surface area contributed by atoms with E-state index in [0.29, 0.717) is 0 Å². The Morgan fingerprint density at radius 3 is 2.67 bits per heavy atom. The van der Waals surface area contributed by atoms with Gasteiger partial charge in [-0.25, -0.2) is 0 Å². The predicted octanol–water partition coefficient (Wildman–Crippen LogP) is 1.80. The molecule has 0 saturated heterocycles. The Bertz CT molecular complexity index is 65.2. The van der Waals surface area contributed by atoms with Crippen molar-refractivity contribution in [1.29, 1.82) is 0 Å². The maximum atomic E-state index is 4.62. The van der Waals surface area contributed by atoms with Gasteiger partial charge < -0.3 is 0 Å². The fourth-order valence-corrected chi connectivity index (χ4v) is 1.83. The Hall–Kier alpha value is 0.740. The van der Waals surface area contributed by atoms with Gasteiger partial charge in [-0.1, -0.05) is 16.4 Å². The monoisotopic (exact) mass is 138 g/mol. The van der Waals surface area contributed by atoms with Crippen LogP contribution in [0, 0.1) is 0 Å². The third-order valence-corrected chi connectivity index (χ3v) is 2.92. The quantitative estimate of drug-likeness (QED) is 0.524. The summed E-state index contributed by atoms with van der Waals surface area (Å²) >= 11 is 4.62. The van der Waals surface area contributed by atoms with Crippen molar-refractivity contribution in [2.75, 3.05) is 6.16 Å². The Morgan fingerprint density at radius 1 is 1.83 bits per heavy atom. The van der Waals surface area contributed by atoms with Gasteiger partial charge in [0.1, 0.15) is 0 Å². The van der Waals surface area contributed by atoms with Crippen LogP contribution in [0.2, 0.25) is 0 Å². The van der Waals surface area contributed by atoms with Crippen molar-refractivity contribution in [2.24, 2.45) is 0 Å². The van der Waals surface area contributed by atoms with Crippen molar-refractivity contribution in [2.45, 2.75) is 13.3 Å². The highest BCUT2D eigenvalue weighted by atomic mass is 32.9. The van der Waals surface area contributed by atoms with Gasteiger partial charge in [0.25, 0.3) is 0 Å². The molecule has 0 atom stereocenters. The normalized spacial score (nSPS) is 8.83. The Labute approximate surface area is 48.0 Å². The average molecular weight is 138 g/mol. The van der Waals surface area contributed by atoms with Crippen LogP contribution < -0.4 is 0 Å². The third kappa shape index (κ3) is 4.74. The highest BCUT2D eigenvalue weighted by Gasteiger charge is 1.65. The fraction of sp³-hybridized carbons (Fsp3) is 1.00. The van der Waals surface area contributed by atoms with Gasteiger partial charge in [-0.3, -0.25) is 0 Å². The molecule has 0 nitrogen and oxygen atoms in total. The minimum Gasteiger partial charge on any atom is -0.0647 e. The molecule has 0 heterocycles. The molecule has 36 valence electrons. The zero-order chi connectivity index (χ0) is 4.83. The Morgan fingerprint density at radius 2 is 2.50 bits per heavy atom. The minimum atomic E-state index is 1.24. The summed E-state index contributed by atoms with van der Waals surface area (Å²) in [4.78, 5) is 0. The smallest absolute Gasteiger partial charge is 0.000403 e. The van der Waals surface area contributed by atoms with Gasteiger partial charge in [-0.15, -0.1) is 0 Å². The molecule has 0 bridgehead atoms. The van der Waals surface area contributed by atoms with Gasteiger partial charge in [-0.2, -0.15) is 0 Å². The molecule has 0 aliphatic heterocycles. The highest BCUT2D eigenvalue weighted by Crippen LogP contribution is 1.93. The number of hydrogen-bond donors (Lipinski definition) is 0. The maximum Gasteiger partial charge on any atom is -0.000403 e. The molecule has 0 N–H and O–H groups in total. The summed E-state index contributed by atoms with van der Waals surface area (Å²) in [7, 11) is 2.82. The molecule has 0 aromatic heterocycles. The Balaban J connectivity index is 2.86. The molecule has 0 rings (SSSR count). The first kappa shape index (κ1) is 6.74. The summed E-state index contributed by atoms with van der Waals surface area (Å²) in [6, 6.07) is 0. The van der Waals surface area contributed by atoms with Gasteiger partial charge >= 0.3 is 0 Å². The zero-order valence-electron chi connectivity index (χ0n) is 3.68. The summed E-state index contributed by atoms with van der Waals surface area (Å²) in [5.41, 5.74) is 0. The molecule has 0 amide bonds. The molecule has 6 heavy (non-hydrogen) atoms. The lowest BCUT2D eigenvalue weighted by atomic mass is 10.6. The maximum absolute atomic E-state index is 4.62. The van der Waals surface area contributed by atoms with Gasteiger partial charge in [0.2, 0.25) is 0 Å². The second-order valence-electron chi connectivity index (χ2n) is 0.927. The lowest BCUT2D eigenvalue weighted by Crippen LogP contribution is -1.57. The molecule has 0 fully saturated rings. The summed E-state index contributed by atoms with van der Waals surface area (Å²) < 4.78 is 0. The van der Waals surface area contributed by atoms with Crippen molar-refractivity contribution >= 4 is 28.0 Å². The van der Waals surface area contributed by atoms with E-state index in [1.54, 1.807) is 0 Å². The number of hydrogen-bond acceptors (Lipinski definition) is 1. The first-order valence-corrected chi connectivity index (χ1v) is 5.30. The van der Waals surface area contributed by atoms with Crippen molar-refractivity contribution in [1.82, 2.24) is 0 Å². The van der Waals surface area contributed by atoms with Gasteiger partial charge in [0, 0.05) is 0 Å². The van der Waals surface area contributed by atoms with Gasteiger partial charge in [-0.05, 0) is 31.1 Å². The summed E-state index contributed by atoms with van der Waals surface area (Å²) in [5, 5.41) is 0. The predicted molar refractivity (Wildman–Crippen MR) is 36.8 cm³/mol. The molecule has 0 saturated carbocycles. The van der Waals surface area contributed by atoms with E-state index in [1.807, 2.05) is 0 Å². The van der Waals surface area contributed by atoms with E-state index in [4.69, 9.17) is 0 Å². The SMILES string of the molecule is CCCP=S=S. The van der Waals surface area contributed by atoms with Crippen LogP contribution in [0.4, 0.5) is 0 Å². The van der Waals surface area contributed by atoms with E-state index < -0.39 is 0 Å². The van der Waals surface area contributed by atoms with Gasteiger partial charge in [0.15, 0.2) is 0 Å². The zero-order valence-corrected chi connectivity index (χ0v) is 6.21. The first-order chi connectivity index (χ1) is 2.91. The molecule has 0 aromatic carbocycles. The number of rotatable bonds is 2. The topological polar surface area (TPSA) is 0 Å². The molecular formula is C3H7PS2. The second kappa shape index (κ2) is 5.74. The van der Waals surface area contributed by atoms with E-state index in [-0.39, 0.29) is 0 Å². The largest absolute Gasteiger partial charge is 0.0647 e. The third-order valence-electron chi connectivity index (χ3n) is 0.368. The van der Waals surface area contributed by atoms with Crippen LogP contribution in [0.3, 0.4) is 0 Å². The standard InChI is InChI=1S/C3H7PS2/c1-2-3-4-6-5/h2-3H2,1H3. The van der Waals surface area contributed by atoms with Crippen molar-refractivity contribution in [3.8, 4) is 0 Å². The molecule has 3 heteroatoms. The molecule has 0 aromatic rings. The van der Waals surface area contributed by atoms with E-state index >= 15 is 0 Å². The van der Waals surface area contributed by atoms with Crippen LogP contribution in [0.5, 0.6) is 0 Å². The average Bonchev–Trinajstić information content (AvgIpc) is 1.61. The second-order valence-corrected chi connectivity index (χ2v) is 4.35. The van der Waals surface area contributed by atoms with E-state index in [9.17, 15) is 0 Å². The van der Waals surface area contributed by atoms with Crippen LogP contribution in [0.15, 0.2) is 0 Å². The van der Waals surface area contributed by atoms with Crippen LogP contribution in [0.25, 0.3) is 0 Å². The highest BCUT2D eigenvalue weighted by molar-refractivity contribution is 8.31. The molecule has 0 spiro atoms. The van der Waals surface area contributed by atoms with Crippen molar-refractivity contribution < 1.29 is 0 Å². The molecule has 0 aliphatic rings. The van der Waals surface area contributed by atoms with E-state index in [0.717, 1.165) is 0 Å². The Kier molecular flexibility index (Phi) is 6.45. The van der Waals surface area contributed by atoms with Crippen LogP contribution >= 0.6 is 7.36 Å².